The topological polar surface area (TPSA) is 29.5 Å². The molecule has 1 aromatic rings. The Bertz CT molecular complexity index is 425. The van der Waals surface area contributed by atoms with Gasteiger partial charge in [0.1, 0.15) is 11.4 Å². The van der Waals surface area contributed by atoms with Crippen molar-refractivity contribution < 1.29 is 9.84 Å². The molecule has 1 aliphatic rings. The van der Waals surface area contributed by atoms with Gasteiger partial charge in [-0.3, -0.25) is 0 Å². The molecule has 1 fully saturated rings. The van der Waals surface area contributed by atoms with Gasteiger partial charge in [0, 0.05) is 5.75 Å². The molecule has 1 heterocycles. The van der Waals surface area contributed by atoms with Crippen LogP contribution in [0.2, 0.25) is 0 Å². The second kappa shape index (κ2) is 5.37. The van der Waals surface area contributed by atoms with E-state index in [0.717, 1.165) is 29.2 Å². The Hall–Kier alpha value is -0.670. The van der Waals surface area contributed by atoms with Crippen molar-refractivity contribution in [3.8, 4) is 5.75 Å². The van der Waals surface area contributed by atoms with Crippen molar-refractivity contribution in [3.63, 3.8) is 0 Å². The van der Waals surface area contributed by atoms with Crippen molar-refractivity contribution in [1.82, 2.24) is 0 Å². The summed E-state index contributed by atoms with van der Waals surface area (Å²) in [5, 5.41) is 11.1. The summed E-state index contributed by atoms with van der Waals surface area (Å²) in [5.74, 6) is 2.76. The Morgan fingerprint density at radius 2 is 1.84 bits per heavy atom. The van der Waals surface area contributed by atoms with Crippen molar-refractivity contribution >= 4 is 11.8 Å². The average molecular weight is 280 g/mol. The Kier molecular flexibility index (Phi) is 4.17. The van der Waals surface area contributed by atoms with Gasteiger partial charge in [-0.15, -0.1) is 0 Å². The number of hydrogen-bond donors (Lipinski definition) is 1. The molecule has 0 radical (unpaired) electrons. The number of ether oxygens (including phenoxy) is 1. The Morgan fingerprint density at radius 1 is 1.21 bits per heavy atom. The van der Waals surface area contributed by atoms with Gasteiger partial charge in [0.15, 0.2) is 0 Å². The third-order valence-corrected chi connectivity index (χ3v) is 5.12. The minimum absolute atomic E-state index is 0.0847. The maximum Gasteiger partial charge on any atom is 0.119 e. The van der Waals surface area contributed by atoms with E-state index in [9.17, 15) is 5.11 Å². The van der Waals surface area contributed by atoms with Crippen molar-refractivity contribution in [2.45, 2.75) is 45.8 Å². The minimum atomic E-state index is -0.744. The van der Waals surface area contributed by atoms with E-state index in [1.165, 1.54) is 0 Å². The number of rotatable bonds is 3. The lowest BCUT2D eigenvalue weighted by Crippen LogP contribution is -2.47. The third kappa shape index (κ3) is 2.92. The lowest BCUT2D eigenvalue weighted by atomic mass is 9.70. The third-order valence-electron chi connectivity index (χ3n) is 4.01. The van der Waals surface area contributed by atoms with E-state index in [1.807, 2.05) is 49.9 Å². The van der Waals surface area contributed by atoms with Crippen LogP contribution < -0.4 is 4.74 Å². The Labute approximate surface area is 120 Å². The van der Waals surface area contributed by atoms with Gasteiger partial charge in [-0.2, -0.15) is 11.8 Å². The van der Waals surface area contributed by atoms with Crippen LogP contribution in [-0.2, 0) is 5.60 Å². The highest BCUT2D eigenvalue weighted by Gasteiger charge is 2.46. The van der Waals surface area contributed by atoms with E-state index < -0.39 is 5.60 Å². The second-order valence-corrected chi connectivity index (χ2v) is 7.34. The summed E-state index contributed by atoms with van der Waals surface area (Å²) in [6, 6.07) is 7.93. The predicted octanol–water partition coefficient (Wildman–Crippen LogP) is 3.82. The SMILES string of the molecule is CC(C)Oc1ccc(C2(O)CSCCC2(C)C)cc1. The van der Waals surface area contributed by atoms with Gasteiger partial charge in [-0.05, 0) is 49.1 Å². The first-order valence-corrected chi connectivity index (χ1v) is 8.08. The van der Waals surface area contributed by atoms with Crippen LogP contribution in [-0.4, -0.2) is 22.7 Å². The molecule has 0 aliphatic carbocycles. The minimum Gasteiger partial charge on any atom is -0.491 e. The van der Waals surface area contributed by atoms with Crippen LogP contribution in [0.5, 0.6) is 5.75 Å². The molecule has 2 rings (SSSR count). The van der Waals surface area contributed by atoms with Crippen LogP contribution in [0.25, 0.3) is 0 Å². The maximum atomic E-state index is 11.1. The summed E-state index contributed by atoms with van der Waals surface area (Å²) in [7, 11) is 0. The molecule has 1 aromatic carbocycles. The van der Waals surface area contributed by atoms with E-state index in [0.29, 0.717) is 0 Å². The van der Waals surface area contributed by atoms with E-state index in [-0.39, 0.29) is 11.5 Å². The molecule has 106 valence electrons. The highest BCUT2D eigenvalue weighted by Crippen LogP contribution is 2.48. The Balaban J connectivity index is 2.25. The normalized spacial score (nSPS) is 26.4. The summed E-state index contributed by atoms with van der Waals surface area (Å²) in [6.07, 6.45) is 1.22. The first kappa shape index (κ1) is 14.7. The molecule has 0 bridgehead atoms. The van der Waals surface area contributed by atoms with Gasteiger partial charge in [0.2, 0.25) is 0 Å². The molecule has 1 unspecified atom stereocenters. The molecule has 1 atom stereocenters. The van der Waals surface area contributed by atoms with Crippen molar-refractivity contribution in [1.29, 1.82) is 0 Å². The molecular formula is C16H24O2S. The summed E-state index contributed by atoms with van der Waals surface area (Å²) in [6.45, 7) is 8.35. The summed E-state index contributed by atoms with van der Waals surface area (Å²) >= 11 is 1.83. The van der Waals surface area contributed by atoms with Crippen molar-refractivity contribution in [3.05, 3.63) is 29.8 Å². The molecule has 0 amide bonds. The fraction of sp³-hybridized carbons (Fsp3) is 0.625. The fourth-order valence-electron chi connectivity index (χ4n) is 2.50. The van der Waals surface area contributed by atoms with Gasteiger partial charge in [0.05, 0.1) is 6.10 Å². The largest absolute Gasteiger partial charge is 0.491 e. The van der Waals surface area contributed by atoms with Crippen LogP contribution >= 0.6 is 11.8 Å². The number of aliphatic hydroxyl groups is 1. The molecule has 3 heteroatoms. The van der Waals surface area contributed by atoms with Gasteiger partial charge in [0.25, 0.3) is 0 Å². The molecule has 0 aromatic heterocycles. The number of thioether (sulfide) groups is 1. The van der Waals surface area contributed by atoms with Crippen LogP contribution in [0.3, 0.4) is 0 Å². The van der Waals surface area contributed by atoms with Gasteiger partial charge >= 0.3 is 0 Å². The molecule has 0 saturated carbocycles. The quantitative estimate of drug-likeness (QED) is 0.912. The second-order valence-electron chi connectivity index (χ2n) is 6.24. The Morgan fingerprint density at radius 3 is 2.37 bits per heavy atom. The van der Waals surface area contributed by atoms with E-state index >= 15 is 0 Å². The average Bonchev–Trinajstić information content (AvgIpc) is 2.33. The summed E-state index contributed by atoms with van der Waals surface area (Å²) in [4.78, 5) is 0. The van der Waals surface area contributed by atoms with E-state index in [1.54, 1.807) is 0 Å². The van der Waals surface area contributed by atoms with Crippen LogP contribution in [0.4, 0.5) is 0 Å². The zero-order valence-electron chi connectivity index (χ0n) is 12.3. The number of hydrogen-bond acceptors (Lipinski definition) is 3. The fourth-order valence-corrected chi connectivity index (χ4v) is 4.16. The highest BCUT2D eigenvalue weighted by atomic mass is 32.2. The first-order valence-electron chi connectivity index (χ1n) is 6.92. The van der Waals surface area contributed by atoms with Gasteiger partial charge < -0.3 is 9.84 Å². The van der Waals surface area contributed by atoms with Crippen LogP contribution in [0.1, 0.15) is 39.7 Å². The number of benzene rings is 1. The molecule has 1 aliphatic heterocycles. The lowest BCUT2D eigenvalue weighted by molar-refractivity contribution is -0.0579. The predicted molar refractivity (Wildman–Crippen MR) is 81.8 cm³/mol. The molecular weight excluding hydrogens is 256 g/mol. The van der Waals surface area contributed by atoms with E-state index in [4.69, 9.17) is 4.74 Å². The smallest absolute Gasteiger partial charge is 0.119 e. The van der Waals surface area contributed by atoms with E-state index in [2.05, 4.69) is 13.8 Å². The zero-order chi connectivity index (χ0) is 14.1. The van der Waals surface area contributed by atoms with Crippen molar-refractivity contribution in [2.75, 3.05) is 11.5 Å². The molecule has 2 nitrogen and oxygen atoms in total. The van der Waals surface area contributed by atoms with Crippen LogP contribution in [0, 0.1) is 5.41 Å². The monoisotopic (exact) mass is 280 g/mol. The van der Waals surface area contributed by atoms with Crippen LogP contribution in [0.15, 0.2) is 24.3 Å². The molecule has 0 spiro atoms. The highest BCUT2D eigenvalue weighted by molar-refractivity contribution is 7.99. The van der Waals surface area contributed by atoms with Crippen molar-refractivity contribution in [2.24, 2.45) is 5.41 Å². The molecule has 19 heavy (non-hydrogen) atoms. The zero-order valence-corrected chi connectivity index (χ0v) is 13.1. The first-order chi connectivity index (χ1) is 8.85. The standard InChI is InChI=1S/C16H24O2S/c1-12(2)18-14-7-5-13(6-8-14)16(17)11-19-10-9-15(16,3)4/h5-8,12,17H,9-11H2,1-4H3. The summed E-state index contributed by atoms with van der Waals surface area (Å²) in [5.41, 5.74) is 0.172. The maximum absolute atomic E-state index is 11.1. The molecule has 1 saturated heterocycles. The van der Waals surface area contributed by atoms with Gasteiger partial charge in [-0.25, -0.2) is 0 Å². The lowest BCUT2D eigenvalue weighted by Gasteiger charge is -2.46. The molecule has 1 N–H and O–H groups in total. The van der Waals surface area contributed by atoms with Gasteiger partial charge in [-0.1, -0.05) is 26.0 Å². The summed E-state index contributed by atoms with van der Waals surface area (Å²) < 4.78 is 5.65.